The van der Waals surface area contributed by atoms with Crippen LogP contribution in [0.3, 0.4) is 0 Å². The maximum Gasteiger partial charge on any atom is 0.268 e. The molecule has 3 nitrogen and oxygen atoms in total. The van der Waals surface area contributed by atoms with E-state index in [1.54, 1.807) is 12.1 Å². The molecule has 1 aromatic heterocycles. The number of halogens is 1. The van der Waals surface area contributed by atoms with Gasteiger partial charge in [-0.05, 0) is 42.7 Å². The molecule has 1 aliphatic rings. The molecular weight excluding hydrogens is 279 g/mol. The summed E-state index contributed by atoms with van der Waals surface area (Å²) >= 11 is 0. The molecule has 1 heterocycles. The number of hydrogen-bond acceptors (Lipinski definition) is 1. The molecule has 4 heteroatoms. The number of carbonyl (C=O) groups is 1. The van der Waals surface area contributed by atoms with Gasteiger partial charge in [-0.25, -0.2) is 4.39 Å². The zero-order valence-electron chi connectivity index (χ0n) is 11.9. The fraction of sp³-hybridized carbons (Fsp3) is 0.167. The van der Waals surface area contributed by atoms with E-state index in [4.69, 9.17) is 0 Å². The van der Waals surface area contributed by atoms with Crippen LogP contribution in [-0.2, 0) is 5.54 Å². The Balaban J connectivity index is 1.61. The average molecular weight is 294 g/mol. The minimum Gasteiger partial charge on any atom is -0.350 e. The summed E-state index contributed by atoms with van der Waals surface area (Å²) in [5, 5.41) is 3.94. The summed E-state index contributed by atoms with van der Waals surface area (Å²) in [5.74, 6) is -0.470. The number of amides is 1. The summed E-state index contributed by atoms with van der Waals surface area (Å²) in [6.07, 6.45) is 1.88. The van der Waals surface area contributed by atoms with Gasteiger partial charge in [0.2, 0.25) is 0 Å². The van der Waals surface area contributed by atoms with E-state index in [-0.39, 0.29) is 17.3 Å². The van der Waals surface area contributed by atoms with Crippen molar-refractivity contribution in [2.24, 2.45) is 0 Å². The lowest BCUT2D eigenvalue weighted by Gasteiger charge is -2.17. The van der Waals surface area contributed by atoms with Crippen LogP contribution in [0.5, 0.6) is 0 Å². The first kappa shape index (κ1) is 13.1. The van der Waals surface area contributed by atoms with Crippen molar-refractivity contribution >= 4 is 16.8 Å². The lowest BCUT2D eigenvalue weighted by atomic mass is 10.0. The van der Waals surface area contributed by atoms with Crippen LogP contribution in [0.4, 0.5) is 4.39 Å². The van der Waals surface area contributed by atoms with Crippen LogP contribution >= 0.6 is 0 Å². The van der Waals surface area contributed by atoms with Gasteiger partial charge < -0.3 is 10.3 Å². The molecule has 4 rings (SSSR count). The van der Waals surface area contributed by atoms with Gasteiger partial charge in [0.1, 0.15) is 11.5 Å². The molecule has 0 aliphatic heterocycles. The zero-order chi connectivity index (χ0) is 15.2. The number of H-pyrrole nitrogens is 1. The van der Waals surface area contributed by atoms with Crippen LogP contribution in [0, 0.1) is 5.82 Å². The molecule has 22 heavy (non-hydrogen) atoms. The van der Waals surface area contributed by atoms with Crippen molar-refractivity contribution in [1.29, 1.82) is 0 Å². The molecule has 1 fully saturated rings. The number of nitrogens with one attached hydrogen (secondary N) is 2. The van der Waals surface area contributed by atoms with Gasteiger partial charge in [-0.3, -0.25) is 4.79 Å². The van der Waals surface area contributed by atoms with Crippen LogP contribution in [0.25, 0.3) is 10.9 Å². The Bertz CT molecular complexity index is 850. The van der Waals surface area contributed by atoms with E-state index < -0.39 is 0 Å². The number of benzene rings is 2. The SMILES string of the molecule is O=C(NC1(c2ccccc2)CC1)c1cc2ccc(F)cc2[nH]1. The third-order valence-electron chi connectivity index (χ3n) is 4.26. The second kappa shape index (κ2) is 4.70. The highest BCUT2D eigenvalue weighted by molar-refractivity contribution is 5.98. The summed E-state index contributed by atoms with van der Waals surface area (Å²) < 4.78 is 13.2. The van der Waals surface area contributed by atoms with Crippen molar-refractivity contribution in [1.82, 2.24) is 10.3 Å². The molecule has 0 saturated heterocycles. The third kappa shape index (κ3) is 2.17. The summed E-state index contributed by atoms with van der Waals surface area (Å²) in [4.78, 5) is 15.5. The fourth-order valence-electron chi connectivity index (χ4n) is 2.87. The second-order valence-electron chi connectivity index (χ2n) is 5.82. The van der Waals surface area contributed by atoms with Crippen molar-refractivity contribution in [2.75, 3.05) is 0 Å². The van der Waals surface area contributed by atoms with E-state index in [1.165, 1.54) is 12.1 Å². The minimum absolute atomic E-state index is 0.155. The zero-order valence-corrected chi connectivity index (χ0v) is 11.9. The molecule has 2 N–H and O–H groups in total. The molecule has 1 amide bonds. The topological polar surface area (TPSA) is 44.9 Å². The van der Waals surface area contributed by atoms with E-state index >= 15 is 0 Å². The van der Waals surface area contributed by atoms with Crippen LogP contribution in [0.1, 0.15) is 28.9 Å². The van der Waals surface area contributed by atoms with Gasteiger partial charge in [0, 0.05) is 10.9 Å². The number of rotatable bonds is 3. The lowest BCUT2D eigenvalue weighted by molar-refractivity contribution is 0.0926. The highest BCUT2D eigenvalue weighted by atomic mass is 19.1. The van der Waals surface area contributed by atoms with Crippen LogP contribution in [0.15, 0.2) is 54.6 Å². The number of carbonyl (C=O) groups excluding carboxylic acids is 1. The normalized spacial score (nSPS) is 15.7. The lowest BCUT2D eigenvalue weighted by Crippen LogP contribution is -2.34. The number of aromatic amines is 1. The van der Waals surface area contributed by atoms with E-state index in [2.05, 4.69) is 10.3 Å². The van der Waals surface area contributed by atoms with Crippen LogP contribution in [-0.4, -0.2) is 10.9 Å². The number of fused-ring (bicyclic) bond motifs is 1. The Morgan fingerprint density at radius 1 is 1.09 bits per heavy atom. The van der Waals surface area contributed by atoms with E-state index in [9.17, 15) is 9.18 Å². The first-order valence-corrected chi connectivity index (χ1v) is 7.33. The van der Waals surface area contributed by atoms with E-state index in [0.717, 1.165) is 23.8 Å². The minimum atomic E-state index is -0.316. The Morgan fingerprint density at radius 3 is 2.59 bits per heavy atom. The van der Waals surface area contributed by atoms with Crippen molar-refractivity contribution in [3.05, 3.63) is 71.7 Å². The predicted molar refractivity (Wildman–Crippen MR) is 83.1 cm³/mol. The molecular formula is C18H15FN2O. The van der Waals surface area contributed by atoms with Crippen LogP contribution in [0.2, 0.25) is 0 Å². The van der Waals surface area contributed by atoms with Crippen molar-refractivity contribution in [2.45, 2.75) is 18.4 Å². The smallest absolute Gasteiger partial charge is 0.268 e. The standard InChI is InChI=1S/C18H15FN2O/c19-14-7-6-12-10-16(20-15(12)11-14)17(22)21-18(8-9-18)13-4-2-1-3-5-13/h1-7,10-11,20H,8-9H2,(H,21,22). The quantitative estimate of drug-likeness (QED) is 0.759. The molecule has 0 unspecified atom stereocenters. The van der Waals surface area contributed by atoms with Gasteiger partial charge in [-0.1, -0.05) is 30.3 Å². The number of aromatic nitrogens is 1. The van der Waals surface area contributed by atoms with Gasteiger partial charge in [0.15, 0.2) is 0 Å². The molecule has 1 aliphatic carbocycles. The molecule has 110 valence electrons. The average Bonchev–Trinajstić information content (AvgIpc) is 3.18. The maximum absolute atomic E-state index is 13.2. The largest absolute Gasteiger partial charge is 0.350 e. The van der Waals surface area contributed by atoms with Crippen LogP contribution < -0.4 is 5.32 Å². The van der Waals surface area contributed by atoms with Crippen molar-refractivity contribution in [3.63, 3.8) is 0 Å². The Kier molecular flexibility index (Phi) is 2.79. The van der Waals surface area contributed by atoms with E-state index in [0.29, 0.717) is 11.2 Å². The van der Waals surface area contributed by atoms with Gasteiger partial charge in [-0.15, -0.1) is 0 Å². The molecule has 0 atom stereocenters. The van der Waals surface area contributed by atoms with Gasteiger partial charge in [0.25, 0.3) is 5.91 Å². The Labute approximate surface area is 127 Å². The fourth-order valence-corrected chi connectivity index (χ4v) is 2.87. The van der Waals surface area contributed by atoms with Gasteiger partial charge >= 0.3 is 0 Å². The molecule has 3 aromatic rings. The summed E-state index contributed by atoms with van der Waals surface area (Å²) in [6, 6.07) is 16.2. The Morgan fingerprint density at radius 2 is 1.86 bits per heavy atom. The monoisotopic (exact) mass is 294 g/mol. The summed E-state index contributed by atoms with van der Waals surface area (Å²) in [7, 11) is 0. The molecule has 0 radical (unpaired) electrons. The molecule has 0 bridgehead atoms. The highest BCUT2D eigenvalue weighted by Crippen LogP contribution is 2.45. The van der Waals surface area contributed by atoms with Gasteiger partial charge in [0.05, 0.1) is 5.54 Å². The molecule has 1 saturated carbocycles. The summed E-state index contributed by atoms with van der Waals surface area (Å²) in [6.45, 7) is 0. The van der Waals surface area contributed by atoms with Crippen molar-refractivity contribution in [3.8, 4) is 0 Å². The van der Waals surface area contributed by atoms with E-state index in [1.807, 2.05) is 30.3 Å². The third-order valence-corrected chi connectivity index (χ3v) is 4.26. The first-order valence-electron chi connectivity index (χ1n) is 7.33. The number of hydrogen-bond donors (Lipinski definition) is 2. The van der Waals surface area contributed by atoms with Crippen molar-refractivity contribution < 1.29 is 9.18 Å². The molecule has 0 spiro atoms. The molecule has 2 aromatic carbocycles. The highest BCUT2D eigenvalue weighted by Gasteiger charge is 2.45. The predicted octanol–water partition coefficient (Wildman–Crippen LogP) is 3.73. The van der Waals surface area contributed by atoms with Gasteiger partial charge in [-0.2, -0.15) is 0 Å². The second-order valence-corrected chi connectivity index (χ2v) is 5.82. The maximum atomic E-state index is 13.2. The Hall–Kier alpha value is -2.62. The first-order chi connectivity index (χ1) is 10.7. The summed E-state index contributed by atoms with van der Waals surface area (Å²) in [5.41, 5.74) is 1.98.